The molecule has 2 aromatic carbocycles. The molecule has 0 bridgehead atoms. The second kappa shape index (κ2) is 6.76. The molecule has 25 heavy (non-hydrogen) atoms. The number of carbonyl (C=O) groups excluding carboxylic acids is 1. The van der Waals surface area contributed by atoms with Crippen LogP contribution in [0.2, 0.25) is 0 Å². The third-order valence-corrected chi connectivity index (χ3v) is 4.03. The van der Waals surface area contributed by atoms with Gasteiger partial charge in [0.25, 0.3) is 5.91 Å². The summed E-state index contributed by atoms with van der Waals surface area (Å²) in [6.45, 7) is 1.75. The molecule has 0 fully saturated rings. The molecule has 0 aliphatic rings. The Kier molecular flexibility index (Phi) is 4.51. The molecule has 3 aromatic rings. The van der Waals surface area contributed by atoms with Crippen LogP contribution in [0.5, 0.6) is 0 Å². The Balaban J connectivity index is 1.84. The molecule has 6 nitrogen and oxygen atoms in total. The van der Waals surface area contributed by atoms with Crippen LogP contribution >= 0.6 is 0 Å². The zero-order valence-electron chi connectivity index (χ0n) is 13.6. The van der Waals surface area contributed by atoms with Gasteiger partial charge in [-0.2, -0.15) is 0 Å². The number of benzene rings is 2. The van der Waals surface area contributed by atoms with Crippen molar-refractivity contribution in [3.05, 3.63) is 71.6 Å². The van der Waals surface area contributed by atoms with Crippen LogP contribution in [-0.2, 0) is 0 Å². The maximum absolute atomic E-state index is 13.4. The van der Waals surface area contributed by atoms with Gasteiger partial charge in [0.1, 0.15) is 6.33 Å². The molecule has 1 atom stereocenters. The highest BCUT2D eigenvalue weighted by molar-refractivity contribution is 5.94. The third kappa shape index (κ3) is 3.37. The van der Waals surface area contributed by atoms with E-state index in [-0.39, 0.29) is 5.91 Å². The minimum atomic E-state index is -0.939. The average Bonchev–Trinajstić information content (AvgIpc) is 3.17. The van der Waals surface area contributed by atoms with Gasteiger partial charge < -0.3 is 4.90 Å². The predicted molar refractivity (Wildman–Crippen MR) is 86.0 cm³/mol. The van der Waals surface area contributed by atoms with Gasteiger partial charge in [0.15, 0.2) is 11.6 Å². The Hall–Kier alpha value is -3.16. The minimum Gasteiger partial charge on any atom is -0.335 e. The molecule has 1 unspecified atom stereocenters. The smallest absolute Gasteiger partial charge is 0.254 e. The molecular formula is C17H15F2N5O. The lowest BCUT2D eigenvalue weighted by molar-refractivity contribution is 0.0742. The van der Waals surface area contributed by atoms with Crippen molar-refractivity contribution < 1.29 is 13.6 Å². The maximum atomic E-state index is 13.4. The molecule has 0 aliphatic carbocycles. The second-order valence-electron chi connectivity index (χ2n) is 5.57. The van der Waals surface area contributed by atoms with E-state index in [1.807, 2.05) is 0 Å². The van der Waals surface area contributed by atoms with Crippen molar-refractivity contribution in [3.8, 4) is 5.69 Å². The molecule has 1 aromatic heterocycles. The van der Waals surface area contributed by atoms with Crippen LogP contribution in [0.1, 0.15) is 28.9 Å². The monoisotopic (exact) mass is 343 g/mol. The zero-order chi connectivity index (χ0) is 18.0. The van der Waals surface area contributed by atoms with Crippen molar-refractivity contribution in [1.82, 2.24) is 25.1 Å². The molecule has 0 N–H and O–H groups in total. The normalized spacial score (nSPS) is 12.0. The highest BCUT2D eigenvalue weighted by Crippen LogP contribution is 2.23. The fraction of sp³-hybridized carbons (Fsp3) is 0.176. The summed E-state index contributed by atoms with van der Waals surface area (Å²) in [5, 5.41) is 10.9. The number of tetrazole rings is 1. The Morgan fingerprint density at radius 3 is 2.64 bits per heavy atom. The number of aromatic nitrogens is 4. The van der Waals surface area contributed by atoms with E-state index in [0.717, 1.165) is 12.1 Å². The van der Waals surface area contributed by atoms with E-state index in [4.69, 9.17) is 0 Å². The Bertz CT molecular complexity index is 898. The molecule has 1 heterocycles. The summed E-state index contributed by atoms with van der Waals surface area (Å²) in [6, 6.07) is 10.0. The number of hydrogen-bond acceptors (Lipinski definition) is 4. The Morgan fingerprint density at radius 1 is 1.16 bits per heavy atom. The van der Waals surface area contributed by atoms with E-state index in [1.54, 1.807) is 38.2 Å². The Labute approximate surface area is 142 Å². The van der Waals surface area contributed by atoms with Gasteiger partial charge >= 0.3 is 0 Å². The van der Waals surface area contributed by atoms with Gasteiger partial charge in [-0.1, -0.05) is 12.1 Å². The fourth-order valence-corrected chi connectivity index (χ4v) is 2.44. The summed E-state index contributed by atoms with van der Waals surface area (Å²) in [5.74, 6) is -2.11. The van der Waals surface area contributed by atoms with E-state index in [0.29, 0.717) is 16.8 Å². The van der Waals surface area contributed by atoms with Gasteiger partial charge in [0, 0.05) is 12.6 Å². The Morgan fingerprint density at radius 2 is 1.96 bits per heavy atom. The molecule has 3 rings (SSSR count). The van der Waals surface area contributed by atoms with Crippen LogP contribution in [0.3, 0.4) is 0 Å². The van der Waals surface area contributed by atoms with E-state index in [2.05, 4.69) is 15.5 Å². The quantitative estimate of drug-likeness (QED) is 0.731. The van der Waals surface area contributed by atoms with Crippen molar-refractivity contribution in [2.24, 2.45) is 0 Å². The zero-order valence-corrected chi connectivity index (χ0v) is 13.6. The van der Waals surface area contributed by atoms with Gasteiger partial charge in [-0.05, 0) is 53.2 Å². The largest absolute Gasteiger partial charge is 0.335 e. The van der Waals surface area contributed by atoms with Crippen LogP contribution in [0, 0.1) is 11.6 Å². The standard InChI is InChI=1S/C17H15F2N5O/c1-11(12-6-7-15(18)16(19)9-12)23(2)17(25)13-4-3-5-14(8-13)24-10-20-21-22-24/h3-11H,1-2H3. The van der Waals surface area contributed by atoms with E-state index < -0.39 is 17.7 Å². The van der Waals surface area contributed by atoms with E-state index >= 15 is 0 Å². The summed E-state index contributed by atoms with van der Waals surface area (Å²) in [7, 11) is 1.61. The third-order valence-electron chi connectivity index (χ3n) is 4.03. The molecule has 0 aliphatic heterocycles. The number of carbonyl (C=O) groups is 1. The topological polar surface area (TPSA) is 63.9 Å². The number of halogens is 2. The van der Waals surface area contributed by atoms with Crippen molar-refractivity contribution in [2.75, 3.05) is 7.05 Å². The molecule has 0 spiro atoms. The summed E-state index contributed by atoms with van der Waals surface area (Å²) < 4.78 is 28.0. The highest BCUT2D eigenvalue weighted by Gasteiger charge is 2.20. The summed E-state index contributed by atoms with van der Waals surface area (Å²) in [5.41, 5.74) is 1.58. The van der Waals surface area contributed by atoms with Gasteiger partial charge in [-0.3, -0.25) is 4.79 Å². The van der Waals surface area contributed by atoms with Crippen molar-refractivity contribution in [1.29, 1.82) is 0 Å². The molecule has 0 saturated carbocycles. The number of amides is 1. The molecule has 1 amide bonds. The number of nitrogens with zero attached hydrogens (tertiary/aromatic N) is 5. The summed E-state index contributed by atoms with van der Waals surface area (Å²) in [6.07, 6.45) is 1.43. The van der Waals surface area contributed by atoms with Crippen LogP contribution < -0.4 is 0 Å². The molecule has 0 saturated heterocycles. The number of hydrogen-bond donors (Lipinski definition) is 0. The number of rotatable bonds is 4. The van der Waals surface area contributed by atoms with E-state index in [1.165, 1.54) is 22.0 Å². The van der Waals surface area contributed by atoms with Crippen LogP contribution in [0.4, 0.5) is 8.78 Å². The minimum absolute atomic E-state index is 0.257. The first-order valence-electron chi connectivity index (χ1n) is 7.53. The molecule has 8 heteroatoms. The fourth-order valence-electron chi connectivity index (χ4n) is 2.44. The van der Waals surface area contributed by atoms with Crippen LogP contribution in [0.25, 0.3) is 5.69 Å². The maximum Gasteiger partial charge on any atom is 0.254 e. The summed E-state index contributed by atoms with van der Waals surface area (Å²) >= 11 is 0. The average molecular weight is 343 g/mol. The highest BCUT2D eigenvalue weighted by atomic mass is 19.2. The van der Waals surface area contributed by atoms with Crippen molar-refractivity contribution in [2.45, 2.75) is 13.0 Å². The lowest BCUT2D eigenvalue weighted by atomic mass is 10.1. The van der Waals surface area contributed by atoms with Crippen molar-refractivity contribution in [3.63, 3.8) is 0 Å². The lowest BCUT2D eigenvalue weighted by Gasteiger charge is -2.25. The molecule has 128 valence electrons. The predicted octanol–water partition coefficient (Wildman–Crippen LogP) is 2.77. The van der Waals surface area contributed by atoms with Gasteiger partial charge in [0.05, 0.1) is 11.7 Å². The van der Waals surface area contributed by atoms with E-state index in [9.17, 15) is 13.6 Å². The van der Waals surface area contributed by atoms with Crippen LogP contribution in [-0.4, -0.2) is 38.1 Å². The van der Waals surface area contributed by atoms with Gasteiger partial charge in [-0.25, -0.2) is 13.5 Å². The van der Waals surface area contributed by atoms with Crippen molar-refractivity contribution >= 4 is 5.91 Å². The lowest BCUT2D eigenvalue weighted by Crippen LogP contribution is -2.29. The molecule has 0 radical (unpaired) electrons. The SMILES string of the molecule is CC(c1ccc(F)c(F)c1)N(C)C(=O)c1cccc(-n2cnnn2)c1. The summed E-state index contributed by atoms with van der Waals surface area (Å²) in [4.78, 5) is 14.2. The first-order chi connectivity index (χ1) is 12.0. The van der Waals surface area contributed by atoms with Gasteiger partial charge in [0.2, 0.25) is 0 Å². The molecular weight excluding hydrogens is 328 g/mol. The first-order valence-corrected chi connectivity index (χ1v) is 7.53. The van der Waals surface area contributed by atoms with Gasteiger partial charge in [-0.15, -0.1) is 5.10 Å². The van der Waals surface area contributed by atoms with Crippen LogP contribution in [0.15, 0.2) is 48.8 Å². The second-order valence-corrected chi connectivity index (χ2v) is 5.57. The first kappa shape index (κ1) is 16.7.